The molecule has 0 aromatic rings. The molecule has 0 bridgehead atoms. The highest BCUT2D eigenvalue weighted by Crippen LogP contribution is 2.25. The molecule has 0 saturated carbocycles. The Bertz CT molecular complexity index is 182. The van der Waals surface area contributed by atoms with Crippen molar-refractivity contribution < 1.29 is 19.3 Å². The molecular formula is C12H24O4. The van der Waals surface area contributed by atoms with Gasteiger partial charge in [0.15, 0.2) is 0 Å². The van der Waals surface area contributed by atoms with E-state index >= 15 is 0 Å². The van der Waals surface area contributed by atoms with Crippen molar-refractivity contribution >= 4 is 0 Å². The average molecular weight is 232 g/mol. The highest BCUT2D eigenvalue weighted by molar-refractivity contribution is 4.87. The minimum atomic E-state index is -0.526. The van der Waals surface area contributed by atoms with Crippen LogP contribution in [0.2, 0.25) is 0 Å². The summed E-state index contributed by atoms with van der Waals surface area (Å²) < 4.78 is 15.6. The number of hydrogen-bond donors (Lipinski definition) is 1. The van der Waals surface area contributed by atoms with Crippen molar-refractivity contribution in [3.8, 4) is 0 Å². The SMILES string of the molecule is CCCC[C@H](C)[C@@H](OCOC)[C@H](O)[C@H]1CO1. The molecule has 1 N–H and O–H groups in total. The normalized spacial score (nSPS) is 25.1. The Morgan fingerprint density at radius 3 is 2.69 bits per heavy atom. The predicted molar refractivity (Wildman–Crippen MR) is 61.2 cm³/mol. The first-order valence-electron chi connectivity index (χ1n) is 6.10. The van der Waals surface area contributed by atoms with Gasteiger partial charge in [0.25, 0.3) is 0 Å². The van der Waals surface area contributed by atoms with E-state index in [0.29, 0.717) is 12.5 Å². The first kappa shape index (κ1) is 13.9. The lowest BCUT2D eigenvalue weighted by atomic mass is 9.93. The topological polar surface area (TPSA) is 51.2 Å². The summed E-state index contributed by atoms with van der Waals surface area (Å²) in [5.74, 6) is 0.328. The lowest BCUT2D eigenvalue weighted by Crippen LogP contribution is -2.39. The van der Waals surface area contributed by atoms with Gasteiger partial charge in [0.1, 0.15) is 19.0 Å². The van der Waals surface area contributed by atoms with Crippen LogP contribution in [-0.2, 0) is 14.2 Å². The van der Waals surface area contributed by atoms with Crippen LogP contribution in [-0.4, -0.2) is 43.9 Å². The summed E-state index contributed by atoms with van der Waals surface area (Å²) in [6, 6.07) is 0. The molecule has 1 saturated heterocycles. The number of aliphatic hydroxyl groups excluding tert-OH is 1. The van der Waals surface area contributed by atoms with Gasteiger partial charge in [-0.3, -0.25) is 0 Å². The Labute approximate surface area is 97.9 Å². The van der Waals surface area contributed by atoms with Crippen molar-refractivity contribution in [3.63, 3.8) is 0 Å². The van der Waals surface area contributed by atoms with E-state index in [2.05, 4.69) is 13.8 Å². The van der Waals surface area contributed by atoms with E-state index in [1.54, 1.807) is 7.11 Å². The molecular weight excluding hydrogens is 208 g/mol. The van der Waals surface area contributed by atoms with Crippen molar-refractivity contribution in [2.24, 2.45) is 5.92 Å². The first-order valence-corrected chi connectivity index (χ1v) is 6.10. The van der Waals surface area contributed by atoms with Crippen molar-refractivity contribution in [1.29, 1.82) is 0 Å². The Morgan fingerprint density at radius 1 is 1.50 bits per heavy atom. The van der Waals surface area contributed by atoms with E-state index in [1.807, 2.05) is 0 Å². The summed E-state index contributed by atoms with van der Waals surface area (Å²) in [6.07, 6.45) is 2.64. The lowest BCUT2D eigenvalue weighted by molar-refractivity contribution is -0.136. The van der Waals surface area contributed by atoms with Crippen LogP contribution in [0.1, 0.15) is 33.1 Å². The fraction of sp³-hybridized carbons (Fsp3) is 1.00. The van der Waals surface area contributed by atoms with Gasteiger partial charge in [-0.15, -0.1) is 0 Å². The van der Waals surface area contributed by atoms with Crippen LogP contribution in [0.4, 0.5) is 0 Å². The van der Waals surface area contributed by atoms with Gasteiger partial charge < -0.3 is 19.3 Å². The van der Waals surface area contributed by atoms with Crippen LogP contribution in [0.3, 0.4) is 0 Å². The minimum absolute atomic E-state index is 0.0362. The summed E-state index contributed by atoms with van der Waals surface area (Å²) in [5, 5.41) is 10.0. The van der Waals surface area contributed by atoms with E-state index in [1.165, 1.54) is 0 Å². The van der Waals surface area contributed by atoms with E-state index in [-0.39, 0.29) is 19.0 Å². The molecule has 4 heteroatoms. The molecule has 1 heterocycles. The zero-order chi connectivity index (χ0) is 12.0. The molecule has 0 amide bonds. The molecule has 1 aliphatic rings. The Morgan fingerprint density at radius 2 is 2.19 bits per heavy atom. The summed E-state index contributed by atoms with van der Waals surface area (Å²) in [7, 11) is 1.59. The molecule has 16 heavy (non-hydrogen) atoms. The van der Waals surface area contributed by atoms with Crippen molar-refractivity contribution in [2.45, 2.75) is 51.4 Å². The number of methoxy groups -OCH3 is 1. The fourth-order valence-corrected chi connectivity index (χ4v) is 1.90. The number of hydrogen-bond acceptors (Lipinski definition) is 4. The molecule has 0 aliphatic carbocycles. The number of aliphatic hydroxyl groups is 1. The van der Waals surface area contributed by atoms with Gasteiger partial charge >= 0.3 is 0 Å². The van der Waals surface area contributed by atoms with Gasteiger partial charge in [0, 0.05) is 7.11 Å². The van der Waals surface area contributed by atoms with Gasteiger partial charge in [0.05, 0.1) is 12.7 Å². The molecule has 1 fully saturated rings. The summed E-state index contributed by atoms with van der Waals surface area (Å²) in [6.45, 7) is 5.15. The second-order valence-corrected chi connectivity index (χ2v) is 4.52. The number of ether oxygens (including phenoxy) is 3. The number of unbranched alkanes of at least 4 members (excludes halogenated alkanes) is 1. The molecule has 0 spiro atoms. The maximum absolute atomic E-state index is 10.0. The van der Waals surface area contributed by atoms with Crippen molar-refractivity contribution in [3.05, 3.63) is 0 Å². The third kappa shape index (κ3) is 4.37. The van der Waals surface area contributed by atoms with E-state index in [4.69, 9.17) is 14.2 Å². The van der Waals surface area contributed by atoms with Gasteiger partial charge in [-0.25, -0.2) is 0 Å². The molecule has 0 aromatic heterocycles. The summed E-state index contributed by atoms with van der Waals surface area (Å²) in [5.41, 5.74) is 0. The second-order valence-electron chi connectivity index (χ2n) is 4.52. The Balaban J connectivity index is 2.40. The van der Waals surface area contributed by atoms with Gasteiger partial charge in [0.2, 0.25) is 0 Å². The van der Waals surface area contributed by atoms with Crippen LogP contribution in [0.15, 0.2) is 0 Å². The van der Waals surface area contributed by atoms with E-state index in [9.17, 15) is 5.11 Å². The maximum Gasteiger partial charge on any atom is 0.146 e. The predicted octanol–water partition coefficient (Wildman–Crippen LogP) is 1.56. The van der Waals surface area contributed by atoms with Crippen LogP contribution in [0, 0.1) is 5.92 Å². The third-order valence-electron chi connectivity index (χ3n) is 3.03. The van der Waals surface area contributed by atoms with Crippen LogP contribution < -0.4 is 0 Å². The number of rotatable bonds is 9. The Kier molecular flexibility index (Phi) is 6.28. The zero-order valence-electron chi connectivity index (χ0n) is 10.5. The molecule has 96 valence electrons. The molecule has 1 rings (SSSR count). The second kappa shape index (κ2) is 7.22. The first-order chi connectivity index (χ1) is 7.70. The molecule has 4 nitrogen and oxygen atoms in total. The van der Waals surface area contributed by atoms with Crippen LogP contribution >= 0.6 is 0 Å². The van der Waals surface area contributed by atoms with Crippen LogP contribution in [0.25, 0.3) is 0 Å². The Hall–Kier alpha value is -0.160. The van der Waals surface area contributed by atoms with Crippen molar-refractivity contribution in [2.75, 3.05) is 20.5 Å². The third-order valence-corrected chi connectivity index (χ3v) is 3.03. The van der Waals surface area contributed by atoms with Gasteiger partial charge in [-0.1, -0.05) is 26.7 Å². The average Bonchev–Trinajstić information content (AvgIpc) is 3.10. The van der Waals surface area contributed by atoms with E-state index in [0.717, 1.165) is 19.3 Å². The largest absolute Gasteiger partial charge is 0.388 e. The molecule has 4 atom stereocenters. The fourth-order valence-electron chi connectivity index (χ4n) is 1.90. The summed E-state index contributed by atoms with van der Waals surface area (Å²) >= 11 is 0. The monoisotopic (exact) mass is 232 g/mol. The lowest BCUT2D eigenvalue weighted by Gasteiger charge is -2.27. The quantitative estimate of drug-likeness (QED) is 0.484. The molecule has 0 aromatic carbocycles. The van der Waals surface area contributed by atoms with E-state index < -0.39 is 6.10 Å². The molecule has 0 unspecified atom stereocenters. The van der Waals surface area contributed by atoms with Gasteiger partial charge in [-0.2, -0.15) is 0 Å². The van der Waals surface area contributed by atoms with Crippen molar-refractivity contribution in [1.82, 2.24) is 0 Å². The number of epoxide rings is 1. The molecule has 0 radical (unpaired) electrons. The highest BCUT2D eigenvalue weighted by atomic mass is 16.7. The maximum atomic E-state index is 10.0. The minimum Gasteiger partial charge on any atom is -0.388 e. The van der Waals surface area contributed by atoms with Gasteiger partial charge in [-0.05, 0) is 12.3 Å². The van der Waals surface area contributed by atoms with Crippen LogP contribution in [0.5, 0.6) is 0 Å². The smallest absolute Gasteiger partial charge is 0.146 e. The zero-order valence-corrected chi connectivity index (χ0v) is 10.5. The highest BCUT2D eigenvalue weighted by Gasteiger charge is 2.39. The standard InChI is InChI=1S/C12H24O4/c1-4-5-6-9(2)12(16-8-14-3)11(13)10-7-15-10/h9-13H,4-8H2,1-3H3/t9-,10+,11+,12+/m0/s1. The summed E-state index contributed by atoms with van der Waals surface area (Å²) in [4.78, 5) is 0. The molecule has 1 aliphatic heterocycles.